The quantitative estimate of drug-likeness (QED) is 0.288. The number of hydrogen-bond donors (Lipinski definition) is 6. The van der Waals surface area contributed by atoms with Crippen molar-refractivity contribution in [2.45, 2.75) is 42.5 Å². The maximum absolute atomic E-state index is 11.4. The van der Waals surface area contributed by atoms with Gasteiger partial charge in [0.25, 0.3) is 0 Å². The fourth-order valence-corrected chi connectivity index (χ4v) is 4.18. The number of carbonyl (C=O) groups is 1. The summed E-state index contributed by atoms with van der Waals surface area (Å²) in [6.07, 6.45) is -0.273. The van der Waals surface area contributed by atoms with Crippen LogP contribution in [0.2, 0.25) is 0 Å². The second-order valence-corrected chi connectivity index (χ2v) is 7.68. The minimum atomic E-state index is -1.37. The summed E-state index contributed by atoms with van der Waals surface area (Å²) in [6.45, 7) is 0. The number of thioether (sulfide) groups is 1. The van der Waals surface area contributed by atoms with Gasteiger partial charge in [-0.25, -0.2) is 15.0 Å². The predicted octanol–water partition coefficient (Wildman–Crippen LogP) is -2.11. The first-order valence-electron chi connectivity index (χ1n) is 8.40. The zero-order valence-corrected chi connectivity index (χ0v) is 15.9. The highest BCUT2D eigenvalue weighted by Crippen LogP contribution is 2.35. The third kappa shape index (κ3) is 3.52. The molecule has 9 N–H and O–H groups in total. The van der Waals surface area contributed by atoms with E-state index in [2.05, 4.69) is 15.0 Å². The second-order valence-electron chi connectivity index (χ2n) is 6.82. The number of rotatable bonds is 7. The number of imidazole rings is 1. The average Bonchev–Trinajstić information content (AvgIpc) is 3.18. The number of fused-ring (bicyclic) bond motifs is 1. The normalized spacial score (nSPS) is 28.3. The summed E-state index contributed by atoms with van der Waals surface area (Å²) in [5.74, 6) is -0.860. The van der Waals surface area contributed by atoms with Gasteiger partial charge in [0.05, 0.1) is 18.0 Å². The number of carboxylic acids is 1. The van der Waals surface area contributed by atoms with E-state index in [1.807, 2.05) is 0 Å². The summed E-state index contributed by atoms with van der Waals surface area (Å²) < 4.78 is 7.27. The monoisotopic (exact) mass is 413 g/mol. The van der Waals surface area contributed by atoms with E-state index in [0.717, 1.165) is 0 Å². The Morgan fingerprint density at radius 2 is 2.11 bits per heavy atom. The molecular weight excluding hydrogens is 390 g/mol. The molecule has 1 unspecified atom stereocenters. The molecule has 2 aromatic rings. The third-order valence-corrected chi connectivity index (χ3v) is 5.70. The number of hydrogen-bond acceptors (Lipinski definition) is 11. The number of nitrogens with two attached hydrogens (primary N) is 3. The molecule has 3 rings (SSSR count). The fraction of sp³-hybridized carbons (Fsp3) is 0.600. The molecule has 0 spiro atoms. The van der Waals surface area contributed by atoms with Gasteiger partial charge in [-0.15, -0.1) is 0 Å². The zero-order chi connectivity index (χ0) is 20.6. The topological polar surface area (TPSA) is 209 Å². The molecule has 12 nitrogen and oxygen atoms in total. The molecule has 0 radical (unpaired) electrons. The van der Waals surface area contributed by atoms with Crippen LogP contribution in [0.5, 0.6) is 0 Å². The van der Waals surface area contributed by atoms with Gasteiger partial charge in [0.1, 0.15) is 30.1 Å². The van der Waals surface area contributed by atoms with Crippen molar-refractivity contribution in [2.24, 2.45) is 11.5 Å². The first-order valence-corrected chi connectivity index (χ1v) is 9.80. The molecule has 6 atom stereocenters. The molecular formula is C15H23N7O5S. The summed E-state index contributed by atoms with van der Waals surface area (Å²) in [4.78, 5) is 23.4. The van der Waals surface area contributed by atoms with Gasteiger partial charge >= 0.3 is 5.97 Å². The van der Waals surface area contributed by atoms with Crippen molar-refractivity contribution in [3.05, 3.63) is 12.7 Å². The van der Waals surface area contributed by atoms with E-state index in [1.54, 1.807) is 6.26 Å². The Hall–Kier alpha value is -2.03. The van der Waals surface area contributed by atoms with E-state index in [9.17, 15) is 20.1 Å². The third-order valence-electron chi connectivity index (χ3n) is 4.88. The summed E-state index contributed by atoms with van der Waals surface area (Å²) >= 11 is 1.33. The van der Waals surface area contributed by atoms with Crippen molar-refractivity contribution in [1.82, 2.24) is 19.5 Å². The molecule has 13 heteroatoms. The van der Waals surface area contributed by atoms with E-state index < -0.39 is 42.1 Å². The number of aliphatic hydroxyl groups is 2. The first-order chi connectivity index (χ1) is 13.2. The SMILES string of the molecule is CSCC(N)(C[C@H]1O[C@@H](n2cnc3c(N)ncnc32)[C@H](O)[C@@H]1O)[C@H](N)C(=O)O. The van der Waals surface area contributed by atoms with Crippen LogP contribution < -0.4 is 17.2 Å². The van der Waals surface area contributed by atoms with E-state index in [1.165, 1.54) is 29.0 Å². The number of carboxylic acid groups (broad SMARTS) is 1. The lowest BCUT2D eigenvalue weighted by Crippen LogP contribution is -2.62. The maximum Gasteiger partial charge on any atom is 0.322 e. The lowest BCUT2D eigenvalue weighted by molar-refractivity contribution is -0.140. The number of anilines is 1. The van der Waals surface area contributed by atoms with Crippen LogP contribution >= 0.6 is 11.8 Å². The molecule has 0 aliphatic carbocycles. The van der Waals surface area contributed by atoms with Crippen LogP contribution in [0.15, 0.2) is 12.7 Å². The number of aromatic nitrogens is 4. The smallest absolute Gasteiger partial charge is 0.322 e. The largest absolute Gasteiger partial charge is 0.480 e. The van der Waals surface area contributed by atoms with Crippen LogP contribution in [0.4, 0.5) is 5.82 Å². The fourth-order valence-electron chi connectivity index (χ4n) is 3.35. The van der Waals surface area contributed by atoms with Crippen molar-refractivity contribution in [3.63, 3.8) is 0 Å². The second kappa shape index (κ2) is 7.77. The van der Waals surface area contributed by atoms with E-state index in [4.69, 9.17) is 21.9 Å². The van der Waals surface area contributed by atoms with Crippen molar-refractivity contribution in [1.29, 1.82) is 0 Å². The molecule has 0 amide bonds. The molecule has 2 aromatic heterocycles. The Morgan fingerprint density at radius 1 is 1.39 bits per heavy atom. The van der Waals surface area contributed by atoms with Gasteiger partial charge < -0.3 is 37.3 Å². The van der Waals surface area contributed by atoms with Crippen molar-refractivity contribution in [3.8, 4) is 0 Å². The molecule has 0 aromatic carbocycles. The molecule has 1 fully saturated rings. The van der Waals surface area contributed by atoms with Crippen LogP contribution in [0, 0.1) is 0 Å². The predicted molar refractivity (Wildman–Crippen MR) is 101 cm³/mol. The Bertz CT molecular complexity index is 866. The zero-order valence-electron chi connectivity index (χ0n) is 15.0. The Kier molecular flexibility index (Phi) is 5.74. The van der Waals surface area contributed by atoms with Crippen molar-refractivity contribution < 1.29 is 24.9 Å². The van der Waals surface area contributed by atoms with Crippen LogP contribution in [-0.4, -0.2) is 82.7 Å². The summed E-state index contributed by atoms with van der Waals surface area (Å²) in [7, 11) is 0. The number of aliphatic hydroxyl groups excluding tert-OH is 2. The van der Waals surface area contributed by atoms with Gasteiger partial charge in [-0.2, -0.15) is 11.8 Å². The van der Waals surface area contributed by atoms with E-state index in [0.29, 0.717) is 11.2 Å². The van der Waals surface area contributed by atoms with Gasteiger partial charge in [-0.3, -0.25) is 9.36 Å². The minimum Gasteiger partial charge on any atom is -0.480 e. The Morgan fingerprint density at radius 3 is 2.75 bits per heavy atom. The first kappa shape index (κ1) is 20.7. The molecule has 0 bridgehead atoms. The Balaban J connectivity index is 1.87. The average molecular weight is 413 g/mol. The molecule has 154 valence electrons. The van der Waals surface area contributed by atoms with Crippen LogP contribution in [0.25, 0.3) is 11.2 Å². The maximum atomic E-state index is 11.4. The van der Waals surface area contributed by atoms with Gasteiger partial charge in [0, 0.05) is 5.75 Å². The summed E-state index contributed by atoms with van der Waals surface area (Å²) in [5, 5.41) is 30.3. The number of ether oxygens (including phenoxy) is 1. The van der Waals surface area contributed by atoms with Gasteiger partial charge in [0.15, 0.2) is 17.7 Å². The van der Waals surface area contributed by atoms with E-state index in [-0.39, 0.29) is 18.0 Å². The van der Waals surface area contributed by atoms with Crippen molar-refractivity contribution in [2.75, 3.05) is 17.7 Å². The number of nitrogen functional groups attached to an aromatic ring is 1. The lowest BCUT2D eigenvalue weighted by Gasteiger charge is -2.35. The highest BCUT2D eigenvalue weighted by Gasteiger charge is 2.49. The van der Waals surface area contributed by atoms with Crippen molar-refractivity contribution >= 4 is 34.7 Å². The standard InChI is InChI=1S/C15H23N7O5S/c1-28-3-15(18,10(16)14(25)26)2-6-8(23)9(24)13(27-6)22-5-21-7-11(17)19-4-20-12(7)22/h4-6,8-10,13,23-24H,2-3,16,18H2,1H3,(H,25,26)(H2,17,19,20)/t6-,8-,9-,10-,13-,15?/m1/s1. The lowest BCUT2D eigenvalue weighted by atomic mass is 9.86. The highest BCUT2D eigenvalue weighted by molar-refractivity contribution is 7.98. The van der Waals surface area contributed by atoms with Crippen LogP contribution in [0.1, 0.15) is 12.6 Å². The number of aliphatic carboxylic acids is 1. The minimum absolute atomic E-state index is 0.0697. The number of nitrogens with zero attached hydrogens (tertiary/aromatic N) is 4. The molecule has 0 saturated carbocycles. The van der Waals surface area contributed by atoms with E-state index >= 15 is 0 Å². The van der Waals surface area contributed by atoms with Gasteiger partial charge in [-0.1, -0.05) is 0 Å². The Labute approximate surface area is 164 Å². The highest BCUT2D eigenvalue weighted by atomic mass is 32.2. The van der Waals surface area contributed by atoms with Gasteiger partial charge in [-0.05, 0) is 12.7 Å². The molecule has 1 aliphatic rings. The summed E-state index contributed by atoms with van der Waals surface area (Å²) in [5.41, 5.74) is 17.1. The van der Waals surface area contributed by atoms with Crippen LogP contribution in [-0.2, 0) is 9.53 Å². The molecule has 28 heavy (non-hydrogen) atoms. The molecule has 3 heterocycles. The van der Waals surface area contributed by atoms with Crippen LogP contribution in [0.3, 0.4) is 0 Å². The molecule has 1 saturated heterocycles. The van der Waals surface area contributed by atoms with Gasteiger partial charge in [0.2, 0.25) is 0 Å². The summed E-state index contributed by atoms with van der Waals surface area (Å²) in [6, 6.07) is -1.37. The molecule has 1 aliphatic heterocycles.